The Morgan fingerprint density at radius 2 is 1.68 bits per heavy atom. The number of hydrogen-bond acceptors (Lipinski definition) is 8. The number of nitrogens with zero attached hydrogens (tertiary/aromatic N) is 1. The average Bonchev–Trinajstić information content (AvgIpc) is 3.43. The van der Waals surface area contributed by atoms with Gasteiger partial charge in [0.05, 0.1) is 51.0 Å². The van der Waals surface area contributed by atoms with Crippen LogP contribution in [0.4, 0.5) is 0 Å². The number of hydrogen-bond donors (Lipinski definition) is 1. The lowest BCUT2D eigenvalue weighted by atomic mass is 9.89. The number of sulfonamides is 1. The van der Waals surface area contributed by atoms with E-state index in [0.29, 0.717) is 38.6 Å². The van der Waals surface area contributed by atoms with Crippen LogP contribution in [0.1, 0.15) is 25.8 Å². The van der Waals surface area contributed by atoms with Crippen LogP contribution in [0, 0.1) is 23.7 Å². The molecule has 10 heteroatoms. The Labute approximate surface area is 237 Å². The van der Waals surface area contributed by atoms with Gasteiger partial charge in [0.25, 0.3) is 0 Å². The van der Waals surface area contributed by atoms with Crippen molar-refractivity contribution >= 4 is 16.0 Å². The van der Waals surface area contributed by atoms with Gasteiger partial charge >= 0.3 is 5.97 Å². The molecule has 3 unspecified atom stereocenters. The molecule has 2 heterocycles. The average molecular weight is 576 g/mol. The molecule has 0 aliphatic carbocycles. The van der Waals surface area contributed by atoms with Crippen molar-refractivity contribution in [2.24, 2.45) is 23.7 Å². The highest BCUT2D eigenvalue weighted by Crippen LogP contribution is 2.31. The van der Waals surface area contributed by atoms with Crippen molar-refractivity contribution in [1.29, 1.82) is 0 Å². The Morgan fingerprint density at radius 1 is 1.00 bits per heavy atom. The number of ether oxygens (including phenoxy) is 4. The van der Waals surface area contributed by atoms with Crippen LogP contribution in [0.5, 0.6) is 5.75 Å². The van der Waals surface area contributed by atoms with Crippen LogP contribution in [0.15, 0.2) is 59.5 Å². The largest absolute Gasteiger partial charge is 0.497 e. The molecular formula is C30H41NO8S. The lowest BCUT2D eigenvalue weighted by Crippen LogP contribution is -2.44. The highest BCUT2D eigenvalue weighted by molar-refractivity contribution is 7.89. The predicted octanol–water partition coefficient (Wildman–Crippen LogP) is 3.16. The number of methoxy groups -OCH3 is 1. The van der Waals surface area contributed by atoms with Crippen molar-refractivity contribution in [3.8, 4) is 5.75 Å². The molecule has 9 nitrogen and oxygen atoms in total. The van der Waals surface area contributed by atoms with Gasteiger partial charge in [0.1, 0.15) is 11.9 Å². The summed E-state index contributed by atoms with van der Waals surface area (Å²) in [7, 11) is -2.39. The Bertz CT molecular complexity index is 1190. The smallest absolute Gasteiger partial charge is 0.306 e. The van der Waals surface area contributed by atoms with Gasteiger partial charge in [0.15, 0.2) is 0 Å². The van der Waals surface area contributed by atoms with Crippen molar-refractivity contribution in [2.45, 2.75) is 43.8 Å². The normalized spacial score (nSPS) is 22.6. The first-order valence-corrected chi connectivity index (χ1v) is 15.3. The molecule has 5 atom stereocenters. The van der Waals surface area contributed by atoms with E-state index in [4.69, 9.17) is 18.9 Å². The number of aliphatic hydroxyl groups excluding tert-OH is 1. The number of carbonyl (C=O) groups is 1. The minimum Gasteiger partial charge on any atom is -0.497 e. The van der Waals surface area contributed by atoms with Gasteiger partial charge in [-0.05, 0) is 42.2 Å². The molecule has 0 amide bonds. The number of aliphatic hydroxyl groups is 1. The van der Waals surface area contributed by atoms with Crippen molar-refractivity contribution < 1.29 is 37.3 Å². The fourth-order valence-electron chi connectivity index (χ4n) is 5.40. The van der Waals surface area contributed by atoms with E-state index in [1.165, 1.54) is 23.5 Å². The van der Waals surface area contributed by atoms with Gasteiger partial charge < -0.3 is 24.1 Å². The molecule has 0 radical (unpaired) electrons. The number of fused-ring (bicyclic) bond motifs is 1. The second kappa shape index (κ2) is 13.9. The lowest BCUT2D eigenvalue weighted by Gasteiger charge is -2.33. The lowest BCUT2D eigenvalue weighted by molar-refractivity contribution is -0.164. The highest BCUT2D eigenvalue weighted by atomic mass is 32.2. The van der Waals surface area contributed by atoms with E-state index in [0.717, 1.165) is 5.56 Å². The first kappa shape index (κ1) is 30.5. The maximum absolute atomic E-state index is 13.6. The molecule has 0 bridgehead atoms. The molecule has 2 saturated heterocycles. The molecule has 0 aromatic heterocycles. The van der Waals surface area contributed by atoms with E-state index in [1.54, 1.807) is 12.1 Å². The molecule has 220 valence electrons. The van der Waals surface area contributed by atoms with E-state index in [2.05, 4.69) is 0 Å². The van der Waals surface area contributed by atoms with Gasteiger partial charge in [-0.3, -0.25) is 4.79 Å². The molecule has 2 aromatic rings. The van der Waals surface area contributed by atoms with Crippen molar-refractivity contribution in [3.05, 3.63) is 60.2 Å². The standard InChI is InChI=1S/C30H41NO8S/c1-21(2)15-31(40(34,35)26-11-9-25(36-3)10-12-26)16-28(32)23(13-22-7-5-4-6-8-22)14-30(33)39-29-20-38-18-24-17-37-19-27(24)29/h4-12,21,23-24,27-29,32H,13-20H2,1-3H3/t23-,24?,27?,28-,29?/m1/s1. The Hall–Kier alpha value is -2.50. The second-order valence-electron chi connectivity index (χ2n) is 11.1. The number of esters is 1. The van der Waals surface area contributed by atoms with Gasteiger partial charge in [-0.2, -0.15) is 4.31 Å². The molecule has 2 fully saturated rings. The second-order valence-corrected chi connectivity index (χ2v) is 13.1. The number of benzene rings is 2. The SMILES string of the molecule is COc1ccc(S(=O)(=O)N(CC(C)C)C[C@@H](O)[C@@H](CC(=O)OC2COCC3COCC32)Cc2ccccc2)cc1. The van der Waals surface area contributed by atoms with Crippen LogP contribution in [0.2, 0.25) is 0 Å². The predicted molar refractivity (Wildman–Crippen MR) is 149 cm³/mol. The van der Waals surface area contributed by atoms with Gasteiger partial charge in [-0.15, -0.1) is 0 Å². The Balaban J connectivity index is 1.51. The molecule has 40 heavy (non-hydrogen) atoms. The van der Waals surface area contributed by atoms with Crippen LogP contribution in [-0.2, 0) is 35.4 Å². The van der Waals surface area contributed by atoms with E-state index in [1.807, 2.05) is 44.2 Å². The zero-order valence-electron chi connectivity index (χ0n) is 23.5. The summed E-state index contributed by atoms with van der Waals surface area (Å²) in [6.45, 7) is 5.98. The van der Waals surface area contributed by atoms with E-state index < -0.39 is 34.1 Å². The van der Waals surface area contributed by atoms with Gasteiger partial charge in [0.2, 0.25) is 10.0 Å². The molecule has 2 aliphatic rings. The van der Waals surface area contributed by atoms with Crippen LogP contribution in [0.25, 0.3) is 0 Å². The first-order valence-electron chi connectivity index (χ1n) is 13.9. The van der Waals surface area contributed by atoms with Crippen LogP contribution >= 0.6 is 0 Å². The zero-order chi connectivity index (χ0) is 28.7. The Kier molecular flexibility index (Phi) is 10.6. The van der Waals surface area contributed by atoms with Crippen LogP contribution in [-0.4, -0.2) is 82.6 Å². The van der Waals surface area contributed by atoms with Crippen molar-refractivity contribution in [2.75, 3.05) is 46.6 Å². The molecule has 4 rings (SSSR count). The molecule has 0 saturated carbocycles. The summed E-state index contributed by atoms with van der Waals surface area (Å²) in [5.41, 5.74) is 0.943. The summed E-state index contributed by atoms with van der Waals surface area (Å²) in [6.07, 6.45) is -1.16. The molecular weight excluding hydrogens is 534 g/mol. The van der Waals surface area contributed by atoms with E-state index >= 15 is 0 Å². The molecule has 2 aromatic carbocycles. The van der Waals surface area contributed by atoms with Crippen LogP contribution in [0.3, 0.4) is 0 Å². The van der Waals surface area contributed by atoms with Gasteiger partial charge in [-0.1, -0.05) is 44.2 Å². The minimum absolute atomic E-state index is 0.0191. The summed E-state index contributed by atoms with van der Waals surface area (Å²) < 4.78 is 50.8. The Morgan fingerprint density at radius 3 is 2.33 bits per heavy atom. The molecule has 1 N–H and O–H groups in total. The summed E-state index contributed by atoms with van der Waals surface area (Å²) in [5.74, 6) is -0.109. The molecule has 2 aliphatic heterocycles. The fraction of sp³-hybridized carbons (Fsp3) is 0.567. The third-order valence-corrected chi connectivity index (χ3v) is 9.44. The molecule has 0 spiro atoms. The summed E-state index contributed by atoms with van der Waals surface area (Å²) in [4.78, 5) is 13.3. The van der Waals surface area contributed by atoms with Crippen molar-refractivity contribution in [1.82, 2.24) is 4.31 Å². The number of carbonyl (C=O) groups excluding carboxylic acids is 1. The third-order valence-electron chi connectivity index (χ3n) is 7.59. The fourth-order valence-corrected chi connectivity index (χ4v) is 7.02. The highest BCUT2D eigenvalue weighted by Gasteiger charge is 2.41. The minimum atomic E-state index is -3.91. The van der Waals surface area contributed by atoms with Gasteiger partial charge in [0, 0.05) is 30.8 Å². The summed E-state index contributed by atoms with van der Waals surface area (Å²) in [5, 5.41) is 11.5. The van der Waals surface area contributed by atoms with E-state index in [-0.39, 0.29) is 42.2 Å². The van der Waals surface area contributed by atoms with Gasteiger partial charge in [-0.25, -0.2) is 8.42 Å². The number of rotatable bonds is 13. The van der Waals surface area contributed by atoms with E-state index in [9.17, 15) is 18.3 Å². The topological polar surface area (TPSA) is 112 Å². The quantitative estimate of drug-likeness (QED) is 0.363. The monoisotopic (exact) mass is 575 g/mol. The summed E-state index contributed by atoms with van der Waals surface area (Å²) >= 11 is 0. The maximum Gasteiger partial charge on any atom is 0.306 e. The summed E-state index contributed by atoms with van der Waals surface area (Å²) in [6, 6.07) is 15.8. The van der Waals surface area contributed by atoms with Crippen molar-refractivity contribution in [3.63, 3.8) is 0 Å². The third kappa shape index (κ3) is 7.82. The van der Waals surface area contributed by atoms with Crippen LogP contribution < -0.4 is 4.74 Å². The first-order chi connectivity index (χ1) is 19.2. The maximum atomic E-state index is 13.6. The zero-order valence-corrected chi connectivity index (χ0v) is 24.3.